The highest BCUT2D eigenvalue weighted by molar-refractivity contribution is 4.92. The SMILES string of the molecule is C=CCC(CC=C)(CCC)CNCCCCCCCC(F)(F)F. The lowest BCUT2D eigenvalue weighted by atomic mass is 9.77. The highest BCUT2D eigenvalue weighted by atomic mass is 19.4. The van der Waals surface area contributed by atoms with E-state index in [0.717, 1.165) is 58.0 Å². The van der Waals surface area contributed by atoms with Gasteiger partial charge in [0.2, 0.25) is 0 Å². The molecule has 1 N–H and O–H groups in total. The van der Waals surface area contributed by atoms with Gasteiger partial charge in [-0.15, -0.1) is 13.2 Å². The van der Waals surface area contributed by atoms with E-state index in [1.165, 1.54) is 0 Å². The molecular formula is C19H34F3N. The lowest BCUT2D eigenvalue weighted by molar-refractivity contribution is -0.135. The van der Waals surface area contributed by atoms with Crippen molar-refractivity contribution in [1.82, 2.24) is 5.32 Å². The van der Waals surface area contributed by atoms with E-state index in [0.29, 0.717) is 6.42 Å². The zero-order chi connectivity index (χ0) is 17.6. The standard InChI is InChI=1S/C19H34F3N/c1-4-12-18(13-5-2,14-6-3)17-23-16-11-9-7-8-10-15-19(20,21)22/h4-5,23H,1-2,6-17H2,3H3. The van der Waals surface area contributed by atoms with Crippen LogP contribution in [0, 0.1) is 5.41 Å². The van der Waals surface area contributed by atoms with Crippen molar-refractivity contribution < 1.29 is 13.2 Å². The fraction of sp³-hybridized carbons (Fsp3) is 0.789. The van der Waals surface area contributed by atoms with Crippen molar-refractivity contribution in [2.75, 3.05) is 13.1 Å². The Bertz CT molecular complexity index is 300. The molecule has 0 aromatic rings. The van der Waals surface area contributed by atoms with Crippen LogP contribution in [0.15, 0.2) is 25.3 Å². The van der Waals surface area contributed by atoms with Gasteiger partial charge in [0.1, 0.15) is 0 Å². The second kappa shape index (κ2) is 12.6. The van der Waals surface area contributed by atoms with Crippen LogP contribution in [0.5, 0.6) is 0 Å². The van der Waals surface area contributed by atoms with E-state index in [2.05, 4.69) is 25.4 Å². The number of hydrogen-bond acceptors (Lipinski definition) is 1. The minimum atomic E-state index is -4.00. The molecule has 0 aliphatic carbocycles. The van der Waals surface area contributed by atoms with Gasteiger partial charge in [-0.2, -0.15) is 13.2 Å². The molecule has 0 aromatic carbocycles. The Hall–Kier alpha value is -0.770. The van der Waals surface area contributed by atoms with E-state index < -0.39 is 12.6 Å². The molecule has 0 fully saturated rings. The molecular weight excluding hydrogens is 299 g/mol. The minimum absolute atomic E-state index is 0.213. The number of nitrogens with one attached hydrogen (secondary N) is 1. The summed E-state index contributed by atoms with van der Waals surface area (Å²) in [5, 5.41) is 3.52. The van der Waals surface area contributed by atoms with E-state index in [1.807, 2.05) is 12.2 Å². The number of alkyl halides is 3. The zero-order valence-electron chi connectivity index (χ0n) is 14.7. The van der Waals surface area contributed by atoms with Gasteiger partial charge in [0, 0.05) is 13.0 Å². The zero-order valence-corrected chi connectivity index (χ0v) is 14.7. The van der Waals surface area contributed by atoms with E-state index in [1.54, 1.807) is 0 Å². The molecule has 0 atom stereocenters. The quantitative estimate of drug-likeness (QED) is 0.269. The summed E-state index contributed by atoms with van der Waals surface area (Å²) >= 11 is 0. The predicted octanol–water partition coefficient (Wildman–Crippen LogP) is 6.42. The molecule has 0 saturated carbocycles. The monoisotopic (exact) mass is 333 g/mol. The summed E-state index contributed by atoms with van der Waals surface area (Å²) in [5.41, 5.74) is 0.213. The Labute approximate surface area is 140 Å². The Morgan fingerprint density at radius 2 is 1.43 bits per heavy atom. The molecule has 0 aliphatic heterocycles. The van der Waals surface area contributed by atoms with Crippen molar-refractivity contribution in [2.45, 2.75) is 77.3 Å². The first kappa shape index (κ1) is 22.2. The number of rotatable bonds is 15. The maximum absolute atomic E-state index is 12.0. The van der Waals surface area contributed by atoms with Gasteiger partial charge in [0.25, 0.3) is 0 Å². The fourth-order valence-electron chi connectivity index (χ4n) is 3.12. The summed E-state index contributed by atoms with van der Waals surface area (Å²) in [6.45, 7) is 11.8. The molecule has 0 bridgehead atoms. The van der Waals surface area contributed by atoms with Gasteiger partial charge >= 0.3 is 6.18 Å². The largest absolute Gasteiger partial charge is 0.389 e. The molecule has 1 nitrogen and oxygen atoms in total. The molecule has 0 heterocycles. The third-order valence-electron chi connectivity index (χ3n) is 4.25. The van der Waals surface area contributed by atoms with Gasteiger partial charge in [-0.05, 0) is 44.1 Å². The summed E-state index contributed by atoms with van der Waals surface area (Å²) in [6, 6.07) is 0. The molecule has 0 aromatic heterocycles. The van der Waals surface area contributed by atoms with Crippen molar-refractivity contribution in [1.29, 1.82) is 0 Å². The average molecular weight is 333 g/mol. The normalized spacial score (nSPS) is 12.3. The molecule has 0 spiro atoms. The number of halogens is 3. The third-order valence-corrected chi connectivity index (χ3v) is 4.25. The van der Waals surface area contributed by atoms with Crippen LogP contribution in [0.25, 0.3) is 0 Å². The fourth-order valence-corrected chi connectivity index (χ4v) is 3.12. The van der Waals surface area contributed by atoms with Gasteiger partial charge in [-0.1, -0.05) is 44.8 Å². The van der Waals surface area contributed by atoms with Gasteiger partial charge in [-0.3, -0.25) is 0 Å². The van der Waals surface area contributed by atoms with Crippen LogP contribution in [-0.2, 0) is 0 Å². The van der Waals surface area contributed by atoms with Crippen molar-refractivity contribution >= 4 is 0 Å². The van der Waals surface area contributed by atoms with Gasteiger partial charge in [0.05, 0.1) is 0 Å². The van der Waals surface area contributed by atoms with E-state index in [4.69, 9.17) is 0 Å². The molecule has 0 amide bonds. The molecule has 0 saturated heterocycles. The molecule has 23 heavy (non-hydrogen) atoms. The summed E-state index contributed by atoms with van der Waals surface area (Å²) < 4.78 is 36.0. The van der Waals surface area contributed by atoms with Gasteiger partial charge < -0.3 is 5.32 Å². The average Bonchev–Trinajstić information content (AvgIpc) is 2.45. The first-order valence-corrected chi connectivity index (χ1v) is 8.88. The van der Waals surface area contributed by atoms with Crippen molar-refractivity contribution in [3.8, 4) is 0 Å². The van der Waals surface area contributed by atoms with Crippen molar-refractivity contribution in [3.63, 3.8) is 0 Å². The van der Waals surface area contributed by atoms with E-state index >= 15 is 0 Å². The Morgan fingerprint density at radius 1 is 0.870 bits per heavy atom. The Kier molecular flexibility index (Phi) is 12.2. The Morgan fingerprint density at radius 3 is 1.96 bits per heavy atom. The minimum Gasteiger partial charge on any atom is -0.316 e. The first-order valence-electron chi connectivity index (χ1n) is 8.88. The molecule has 136 valence electrons. The van der Waals surface area contributed by atoms with Crippen LogP contribution < -0.4 is 5.32 Å². The molecule has 4 heteroatoms. The molecule has 0 radical (unpaired) electrons. The van der Waals surface area contributed by atoms with Crippen LogP contribution in [0.4, 0.5) is 13.2 Å². The molecule has 0 rings (SSSR count). The Balaban J connectivity index is 3.81. The maximum Gasteiger partial charge on any atom is 0.389 e. The second-order valence-electron chi connectivity index (χ2n) is 6.55. The predicted molar refractivity (Wildman–Crippen MR) is 93.6 cm³/mol. The molecule has 0 aliphatic rings. The highest BCUT2D eigenvalue weighted by Gasteiger charge is 2.26. The topological polar surface area (TPSA) is 12.0 Å². The summed E-state index contributed by atoms with van der Waals surface area (Å²) in [5.74, 6) is 0. The van der Waals surface area contributed by atoms with Gasteiger partial charge in [-0.25, -0.2) is 0 Å². The second-order valence-corrected chi connectivity index (χ2v) is 6.55. The lowest BCUT2D eigenvalue weighted by Gasteiger charge is -2.32. The van der Waals surface area contributed by atoms with Crippen LogP contribution in [0.3, 0.4) is 0 Å². The third kappa shape index (κ3) is 12.3. The molecule has 0 unspecified atom stereocenters. The number of allylic oxidation sites excluding steroid dienone is 2. The van der Waals surface area contributed by atoms with E-state index in [9.17, 15) is 13.2 Å². The van der Waals surface area contributed by atoms with Crippen molar-refractivity contribution in [2.24, 2.45) is 5.41 Å². The van der Waals surface area contributed by atoms with Crippen molar-refractivity contribution in [3.05, 3.63) is 25.3 Å². The highest BCUT2D eigenvalue weighted by Crippen LogP contribution is 2.32. The lowest BCUT2D eigenvalue weighted by Crippen LogP contribution is -2.34. The first-order chi connectivity index (χ1) is 10.9. The number of unbranched alkanes of at least 4 members (excludes halogenated alkanes) is 4. The van der Waals surface area contributed by atoms with Crippen LogP contribution >= 0.6 is 0 Å². The smallest absolute Gasteiger partial charge is 0.316 e. The summed E-state index contributed by atoms with van der Waals surface area (Å²) in [6.07, 6.45) is 7.42. The van der Waals surface area contributed by atoms with Crippen LogP contribution in [-0.4, -0.2) is 19.3 Å². The number of hydrogen-bond donors (Lipinski definition) is 1. The van der Waals surface area contributed by atoms with Crippen LogP contribution in [0.1, 0.15) is 71.1 Å². The van der Waals surface area contributed by atoms with Gasteiger partial charge in [0.15, 0.2) is 0 Å². The van der Waals surface area contributed by atoms with E-state index in [-0.39, 0.29) is 11.8 Å². The maximum atomic E-state index is 12.0. The summed E-state index contributed by atoms with van der Waals surface area (Å²) in [4.78, 5) is 0. The summed E-state index contributed by atoms with van der Waals surface area (Å²) in [7, 11) is 0. The van der Waals surface area contributed by atoms with Crippen LogP contribution in [0.2, 0.25) is 0 Å².